The summed E-state index contributed by atoms with van der Waals surface area (Å²) in [6.45, 7) is 5.73. The fourth-order valence-corrected chi connectivity index (χ4v) is 9.98. The van der Waals surface area contributed by atoms with Crippen molar-refractivity contribution in [3.05, 3.63) is 85.1 Å². The van der Waals surface area contributed by atoms with Crippen molar-refractivity contribution in [2.24, 2.45) is 0 Å². The lowest BCUT2D eigenvalue weighted by atomic mass is 9.99. The number of hydrogen-bond donors (Lipinski definition) is 6. The number of unbranched alkanes of at least 4 members (excludes halogenated alkanes) is 30. The van der Waals surface area contributed by atoms with E-state index in [-0.39, 0.29) is 19.4 Å². The zero-order valence-corrected chi connectivity index (χ0v) is 51.9. The monoisotopic (exact) mass is 1140 g/mol. The summed E-state index contributed by atoms with van der Waals surface area (Å²) in [5.41, 5.74) is 0. The summed E-state index contributed by atoms with van der Waals surface area (Å²) in [6, 6.07) is -1.04. The van der Waals surface area contributed by atoms with Crippen LogP contribution in [0.1, 0.15) is 284 Å². The Hall–Kier alpha value is -3.16. The molecule has 0 aliphatic carbocycles. The van der Waals surface area contributed by atoms with E-state index in [0.29, 0.717) is 12.8 Å². The Bertz CT molecular complexity index is 1640. The Morgan fingerprint density at radius 1 is 0.481 bits per heavy atom. The van der Waals surface area contributed by atoms with Crippen molar-refractivity contribution >= 4 is 11.9 Å². The van der Waals surface area contributed by atoms with Crippen molar-refractivity contribution in [2.45, 2.75) is 333 Å². The molecule has 0 aromatic rings. The van der Waals surface area contributed by atoms with Gasteiger partial charge in [-0.15, -0.1) is 0 Å². The van der Waals surface area contributed by atoms with Crippen molar-refractivity contribution in [1.82, 2.24) is 5.32 Å². The molecule has 0 radical (unpaired) electrons. The fraction of sp³-hybridized carbons (Fsp3) is 0.771. The van der Waals surface area contributed by atoms with Gasteiger partial charge >= 0.3 is 5.97 Å². The zero-order valence-electron chi connectivity index (χ0n) is 51.9. The highest BCUT2D eigenvalue weighted by atomic mass is 16.7. The molecule has 0 bridgehead atoms. The summed E-state index contributed by atoms with van der Waals surface area (Å²) in [4.78, 5) is 26.5. The first-order valence-corrected chi connectivity index (χ1v) is 33.4. The summed E-state index contributed by atoms with van der Waals surface area (Å²) in [5.74, 6) is -1.27. The topological polar surface area (TPSA) is 175 Å². The van der Waals surface area contributed by atoms with E-state index in [9.17, 15) is 35.1 Å². The molecular weight excluding hydrogens is 1010 g/mol. The number of carbonyl (C=O) groups excluding carboxylic acids is 2. The molecule has 468 valence electrons. The van der Waals surface area contributed by atoms with Crippen molar-refractivity contribution in [3.8, 4) is 0 Å². The van der Waals surface area contributed by atoms with Crippen molar-refractivity contribution < 1.29 is 49.3 Å². The number of allylic oxidation sites excluding steroid dienone is 13. The maximum absolute atomic E-state index is 13.5. The van der Waals surface area contributed by atoms with Crippen LogP contribution >= 0.6 is 0 Å². The van der Waals surface area contributed by atoms with Crippen molar-refractivity contribution in [1.29, 1.82) is 0 Å². The Kier molecular flexibility index (Phi) is 53.6. The van der Waals surface area contributed by atoms with E-state index in [2.05, 4.69) is 86.8 Å². The highest BCUT2D eigenvalue weighted by Crippen LogP contribution is 2.26. The van der Waals surface area contributed by atoms with Gasteiger partial charge in [-0.25, -0.2) is 0 Å². The maximum atomic E-state index is 13.5. The molecule has 11 nitrogen and oxygen atoms in total. The molecule has 1 rings (SSSR count). The van der Waals surface area contributed by atoms with Gasteiger partial charge in [-0.3, -0.25) is 9.59 Å². The van der Waals surface area contributed by atoms with Crippen molar-refractivity contribution in [2.75, 3.05) is 13.2 Å². The van der Waals surface area contributed by atoms with Crippen LogP contribution in [0.15, 0.2) is 85.1 Å². The molecule has 1 fully saturated rings. The third-order valence-corrected chi connectivity index (χ3v) is 15.3. The average molecular weight is 1140 g/mol. The van der Waals surface area contributed by atoms with Gasteiger partial charge in [-0.05, 0) is 89.9 Å². The first-order chi connectivity index (χ1) is 39.7. The number of ether oxygens (including phenoxy) is 3. The van der Waals surface area contributed by atoms with Crippen LogP contribution in [0.5, 0.6) is 0 Å². The van der Waals surface area contributed by atoms with Gasteiger partial charge in [0.25, 0.3) is 0 Å². The molecule has 8 atom stereocenters. The molecule has 0 aromatic heterocycles. The summed E-state index contributed by atoms with van der Waals surface area (Å²) in [6.07, 6.45) is 65.0. The smallest absolute Gasteiger partial charge is 0.306 e. The molecule has 0 spiro atoms. The van der Waals surface area contributed by atoms with Crippen LogP contribution in [0.3, 0.4) is 0 Å². The number of aliphatic hydroxyl groups is 5. The predicted molar refractivity (Wildman–Crippen MR) is 338 cm³/mol. The van der Waals surface area contributed by atoms with Gasteiger partial charge < -0.3 is 45.1 Å². The first kappa shape index (κ1) is 75.9. The second kappa shape index (κ2) is 57.3. The summed E-state index contributed by atoms with van der Waals surface area (Å²) < 4.78 is 17.6. The lowest BCUT2D eigenvalue weighted by molar-refractivity contribution is -0.305. The minimum Gasteiger partial charge on any atom is -0.454 e. The quantitative estimate of drug-likeness (QED) is 0.0195. The van der Waals surface area contributed by atoms with E-state index in [1.165, 1.54) is 161 Å². The van der Waals surface area contributed by atoms with Crippen LogP contribution in [-0.2, 0) is 23.8 Å². The summed E-state index contributed by atoms with van der Waals surface area (Å²) in [5, 5.41) is 57.0. The molecule has 0 saturated carbocycles. The fourth-order valence-electron chi connectivity index (χ4n) is 9.98. The molecule has 81 heavy (non-hydrogen) atoms. The largest absolute Gasteiger partial charge is 0.454 e. The normalized spacial score (nSPS) is 19.2. The molecule has 1 aliphatic rings. The van der Waals surface area contributed by atoms with E-state index in [1.807, 2.05) is 18.2 Å². The highest BCUT2D eigenvalue weighted by molar-refractivity contribution is 5.80. The van der Waals surface area contributed by atoms with Crippen LogP contribution in [0, 0.1) is 0 Å². The molecule has 11 heteroatoms. The second-order valence-electron chi connectivity index (χ2n) is 22.8. The van der Waals surface area contributed by atoms with Crippen LogP contribution in [0.25, 0.3) is 0 Å². The first-order valence-electron chi connectivity index (χ1n) is 33.4. The van der Waals surface area contributed by atoms with Gasteiger partial charge in [0.05, 0.1) is 25.4 Å². The van der Waals surface area contributed by atoms with Crippen LogP contribution in [0.2, 0.25) is 0 Å². The predicted octanol–water partition coefficient (Wildman–Crippen LogP) is 16.5. The lowest BCUT2D eigenvalue weighted by Crippen LogP contribution is -2.61. The molecule has 1 aliphatic heterocycles. The van der Waals surface area contributed by atoms with E-state index in [4.69, 9.17) is 14.2 Å². The van der Waals surface area contributed by atoms with Gasteiger partial charge in [0.1, 0.15) is 24.4 Å². The third-order valence-electron chi connectivity index (χ3n) is 15.3. The van der Waals surface area contributed by atoms with Crippen molar-refractivity contribution in [3.63, 3.8) is 0 Å². The Balaban J connectivity index is 2.62. The summed E-state index contributed by atoms with van der Waals surface area (Å²) in [7, 11) is 0. The molecule has 1 saturated heterocycles. The number of hydrogen-bond acceptors (Lipinski definition) is 10. The maximum Gasteiger partial charge on any atom is 0.306 e. The van der Waals surface area contributed by atoms with Gasteiger partial charge in [0, 0.05) is 6.42 Å². The minimum absolute atomic E-state index is 0.0152. The summed E-state index contributed by atoms with van der Waals surface area (Å²) >= 11 is 0. The highest BCUT2D eigenvalue weighted by Gasteiger charge is 2.47. The van der Waals surface area contributed by atoms with Gasteiger partial charge in [-0.1, -0.05) is 273 Å². The number of amides is 1. The average Bonchev–Trinajstić information content (AvgIpc) is 3.52. The molecule has 0 aromatic carbocycles. The third kappa shape index (κ3) is 45.0. The molecular formula is C70H123NO10. The second-order valence-corrected chi connectivity index (χ2v) is 22.8. The molecule has 6 N–H and O–H groups in total. The van der Waals surface area contributed by atoms with E-state index in [1.54, 1.807) is 6.08 Å². The zero-order chi connectivity index (χ0) is 58.9. The number of rotatable bonds is 56. The SMILES string of the molecule is CCCCC/C=C\C/C=C\C/C=C\C/C=C\CCCCCCCCCCCCC(O)C(=O)NC(COC1OC(CO)C(O)C(O)C1OC(=O)CC/C=C/C/C=C\CCCCCCCC)C(O)/C=C/CCCCCCCCCCCCC. The van der Waals surface area contributed by atoms with Crippen LogP contribution < -0.4 is 5.32 Å². The standard InChI is InChI=1S/C70H123NO10/c1-4-7-10-13-16-19-22-25-26-27-28-29-30-31-32-33-34-35-36-37-40-42-45-48-51-54-57-63(74)69(78)71-61(62(73)56-53-50-47-44-41-38-23-20-17-14-11-8-5-2)60-79-70-68(67(77)66(76)64(59-72)80-70)81-65(75)58-55-52-49-46-43-39-24-21-18-15-12-9-6-3/h16,19,25-26,28-29,31-32,39,43,49,52-53,56,61-64,66-68,70,72-74,76-77H,4-15,17-18,20-24,27,30,33-38,40-42,44-48,50-51,54-55,57-60H2,1-3H3,(H,71,78)/b19-16-,26-25-,29-28-,32-31-,43-39-,52-49+,56-53+. The number of carbonyl (C=O) groups is 2. The van der Waals surface area contributed by atoms with Gasteiger partial charge in [0.2, 0.25) is 5.91 Å². The Labute approximate surface area is 495 Å². The molecule has 1 heterocycles. The van der Waals surface area contributed by atoms with Gasteiger partial charge in [-0.2, -0.15) is 0 Å². The molecule has 8 unspecified atom stereocenters. The minimum atomic E-state index is -1.64. The number of nitrogens with one attached hydrogen (secondary N) is 1. The van der Waals surface area contributed by atoms with Crippen LogP contribution in [0.4, 0.5) is 0 Å². The van der Waals surface area contributed by atoms with E-state index >= 15 is 0 Å². The number of esters is 1. The van der Waals surface area contributed by atoms with E-state index in [0.717, 1.165) is 77.0 Å². The molecule has 1 amide bonds. The number of aliphatic hydroxyl groups excluding tert-OH is 5. The van der Waals surface area contributed by atoms with Crippen LogP contribution in [-0.4, -0.2) is 99.6 Å². The van der Waals surface area contributed by atoms with E-state index < -0.39 is 67.4 Å². The Morgan fingerprint density at radius 3 is 1.30 bits per heavy atom. The Morgan fingerprint density at radius 2 is 0.852 bits per heavy atom. The lowest BCUT2D eigenvalue weighted by Gasteiger charge is -2.41. The van der Waals surface area contributed by atoms with Gasteiger partial charge in [0.15, 0.2) is 12.4 Å².